The molecule has 0 aliphatic carbocycles. The predicted octanol–water partition coefficient (Wildman–Crippen LogP) is 0.648. The van der Waals surface area contributed by atoms with E-state index >= 15 is 0 Å². The Morgan fingerprint density at radius 3 is 2.45 bits per heavy atom. The Kier molecular flexibility index (Phi) is 3.73. The number of carbonyl (C=O) groups is 1. The maximum atomic E-state index is 12.3. The summed E-state index contributed by atoms with van der Waals surface area (Å²) < 4.78 is 0. The zero-order chi connectivity index (χ0) is 15.1. The SMILES string of the molecule is CN1CCN(c2nc(Cl)nc(N(C)C)n2)C(C)(C)C1=O. The van der Waals surface area contributed by atoms with Crippen LogP contribution in [0.5, 0.6) is 0 Å². The van der Waals surface area contributed by atoms with Crippen molar-refractivity contribution in [3.05, 3.63) is 5.28 Å². The molecule has 1 aliphatic rings. The van der Waals surface area contributed by atoms with Gasteiger partial charge in [0, 0.05) is 34.2 Å². The smallest absolute Gasteiger partial charge is 0.247 e. The zero-order valence-electron chi connectivity index (χ0n) is 12.4. The predicted molar refractivity (Wildman–Crippen MR) is 78.2 cm³/mol. The molecular formula is C12H19ClN6O. The lowest BCUT2D eigenvalue weighted by Gasteiger charge is -2.44. The maximum Gasteiger partial charge on any atom is 0.247 e. The van der Waals surface area contributed by atoms with E-state index in [0.717, 1.165) is 0 Å². The first kappa shape index (κ1) is 14.8. The number of carbonyl (C=O) groups excluding carboxylic acids is 1. The van der Waals surface area contributed by atoms with Gasteiger partial charge in [0.05, 0.1) is 0 Å². The van der Waals surface area contributed by atoms with Gasteiger partial charge < -0.3 is 14.7 Å². The molecule has 1 fully saturated rings. The molecular weight excluding hydrogens is 280 g/mol. The summed E-state index contributed by atoms with van der Waals surface area (Å²) in [6.07, 6.45) is 0. The molecule has 2 heterocycles. The van der Waals surface area contributed by atoms with Crippen LogP contribution >= 0.6 is 11.6 Å². The molecule has 0 saturated carbocycles. The first-order chi connectivity index (χ1) is 9.23. The lowest BCUT2D eigenvalue weighted by atomic mass is 9.98. The van der Waals surface area contributed by atoms with Crippen molar-refractivity contribution in [1.82, 2.24) is 19.9 Å². The number of nitrogens with zero attached hydrogens (tertiary/aromatic N) is 6. The number of amides is 1. The maximum absolute atomic E-state index is 12.3. The minimum atomic E-state index is -0.707. The largest absolute Gasteiger partial charge is 0.347 e. The summed E-state index contributed by atoms with van der Waals surface area (Å²) in [7, 11) is 5.46. The summed E-state index contributed by atoms with van der Waals surface area (Å²) in [5, 5.41) is 0.126. The highest BCUT2D eigenvalue weighted by atomic mass is 35.5. The van der Waals surface area contributed by atoms with Crippen molar-refractivity contribution >= 4 is 29.4 Å². The fourth-order valence-corrected chi connectivity index (χ4v) is 2.36. The van der Waals surface area contributed by atoms with Gasteiger partial charge in [0.25, 0.3) is 0 Å². The van der Waals surface area contributed by atoms with Crippen LogP contribution in [0.2, 0.25) is 5.28 Å². The lowest BCUT2D eigenvalue weighted by Crippen LogP contribution is -2.62. The molecule has 110 valence electrons. The Morgan fingerprint density at radius 1 is 1.20 bits per heavy atom. The molecule has 8 heteroatoms. The summed E-state index contributed by atoms with van der Waals surface area (Å²) >= 11 is 5.96. The average molecular weight is 299 g/mol. The van der Waals surface area contributed by atoms with Crippen molar-refractivity contribution in [3.63, 3.8) is 0 Å². The van der Waals surface area contributed by atoms with Gasteiger partial charge in [-0.05, 0) is 25.4 Å². The van der Waals surface area contributed by atoms with Gasteiger partial charge in [-0.2, -0.15) is 15.0 Å². The fourth-order valence-electron chi connectivity index (χ4n) is 2.21. The van der Waals surface area contributed by atoms with Crippen LogP contribution in [0.3, 0.4) is 0 Å². The number of halogens is 1. The van der Waals surface area contributed by atoms with E-state index < -0.39 is 5.54 Å². The fraction of sp³-hybridized carbons (Fsp3) is 0.667. The van der Waals surface area contributed by atoms with Crippen LogP contribution in [0, 0.1) is 0 Å². The molecule has 0 N–H and O–H groups in total. The first-order valence-electron chi connectivity index (χ1n) is 6.35. The average Bonchev–Trinajstić information content (AvgIpc) is 2.35. The Hall–Kier alpha value is -1.63. The zero-order valence-corrected chi connectivity index (χ0v) is 13.1. The molecule has 1 amide bonds. The number of aromatic nitrogens is 3. The number of hydrogen-bond acceptors (Lipinski definition) is 6. The van der Waals surface area contributed by atoms with Crippen LogP contribution in [0.4, 0.5) is 11.9 Å². The topological polar surface area (TPSA) is 65.5 Å². The standard InChI is InChI=1S/C12H19ClN6O/c1-12(2)8(20)18(5)6-7-19(12)11-15-9(13)14-10(16-11)17(3)4/h6-7H2,1-5H3. The van der Waals surface area contributed by atoms with Crippen LogP contribution in [0.15, 0.2) is 0 Å². The van der Waals surface area contributed by atoms with Crippen LogP contribution in [0.1, 0.15) is 13.8 Å². The van der Waals surface area contributed by atoms with Crippen molar-refractivity contribution in [2.45, 2.75) is 19.4 Å². The molecule has 0 radical (unpaired) electrons. The third-order valence-electron chi connectivity index (χ3n) is 3.43. The molecule has 1 aliphatic heterocycles. The third-order valence-corrected chi connectivity index (χ3v) is 3.60. The summed E-state index contributed by atoms with van der Waals surface area (Å²) in [5.74, 6) is 0.939. The van der Waals surface area contributed by atoms with E-state index in [1.54, 1.807) is 16.8 Å². The van der Waals surface area contributed by atoms with E-state index in [-0.39, 0.29) is 11.2 Å². The van der Waals surface area contributed by atoms with E-state index in [2.05, 4.69) is 15.0 Å². The Bertz CT molecular complexity index is 533. The van der Waals surface area contributed by atoms with Gasteiger partial charge in [0.15, 0.2) is 0 Å². The van der Waals surface area contributed by atoms with E-state index in [1.165, 1.54) is 0 Å². The molecule has 20 heavy (non-hydrogen) atoms. The second-order valence-electron chi connectivity index (χ2n) is 5.54. The summed E-state index contributed by atoms with van der Waals surface area (Å²) in [6, 6.07) is 0. The number of likely N-dealkylation sites (N-methyl/N-ethyl adjacent to an activating group) is 1. The van der Waals surface area contributed by atoms with Crippen LogP contribution < -0.4 is 9.80 Å². The number of rotatable bonds is 2. The highest BCUT2D eigenvalue weighted by Crippen LogP contribution is 2.27. The van der Waals surface area contributed by atoms with E-state index in [9.17, 15) is 4.79 Å². The molecule has 7 nitrogen and oxygen atoms in total. The van der Waals surface area contributed by atoms with Crippen LogP contribution in [-0.2, 0) is 4.79 Å². The molecule has 1 aromatic heterocycles. The second kappa shape index (κ2) is 5.05. The van der Waals surface area contributed by atoms with E-state index in [4.69, 9.17) is 11.6 Å². The number of piperazine rings is 1. The van der Waals surface area contributed by atoms with Gasteiger partial charge in [-0.25, -0.2) is 0 Å². The molecule has 0 atom stereocenters. The minimum Gasteiger partial charge on any atom is -0.347 e. The molecule has 0 spiro atoms. The van der Waals surface area contributed by atoms with Crippen molar-refractivity contribution in [1.29, 1.82) is 0 Å². The summed E-state index contributed by atoms with van der Waals surface area (Å²) in [5.41, 5.74) is -0.707. The quantitative estimate of drug-likeness (QED) is 0.799. The highest BCUT2D eigenvalue weighted by molar-refractivity contribution is 6.28. The Labute approximate surface area is 123 Å². The minimum absolute atomic E-state index is 0.0340. The van der Waals surface area contributed by atoms with Crippen molar-refractivity contribution < 1.29 is 4.79 Å². The lowest BCUT2D eigenvalue weighted by molar-refractivity contribution is -0.136. The van der Waals surface area contributed by atoms with Crippen LogP contribution in [0.25, 0.3) is 0 Å². The first-order valence-corrected chi connectivity index (χ1v) is 6.73. The Balaban J connectivity index is 2.43. The third kappa shape index (κ3) is 2.49. The molecule has 0 aromatic carbocycles. The van der Waals surface area contributed by atoms with Gasteiger partial charge >= 0.3 is 0 Å². The van der Waals surface area contributed by atoms with Gasteiger partial charge in [0.1, 0.15) is 5.54 Å². The number of anilines is 2. The second-order valence-corrected chi connectivity index (χ2v) is 5.87. The molecule has 2 rings (SSSR count). The normalized spacial score (nSPS) is 18.4. The molecule has 1 saturated heterocycles. The highest BCUT2D eigenvalue weighted by Gasteiger charge is 2.42. The molecule has 0 bridgehead atoms. The van der Waals surface area contributed by atoms with Crippen molar-refractivity contribution in [2.24, 2.45) is 0 Å². The molecule has 0 unspecified atom stereocenters. The van der Waals surface area contributed by atoms with Gasteiger partial charge in [-0.3, -0.25) is 4.79 Å². The number of hydrogen-bond donors (Lipinski definition) is 0. The molecule has 1 aromatic rings. The Morgan fingerprint density at radius 2 is 1.85 bits per heavy atom. The van der Waals surface area contributed by atoms with E-state index in [0.29, 0.717) is 25.0 Å². The summed E-state index contributed by atoms with van der Waals surface area (Å²) in [4.78, 5) is 30.3. The van der Waals surface area contributed by atoms with Gasteiger partial charge in [-0.15, -0.1) is 0 Å². The summed E-state index contributed by atoms with van der Waals surface area (Å²) in [6.45, 7) is 5.00. The van der Waals surface area contributed by atoms with Gasteiger partial charge in [-0.1, -0.05) is 0 Å². The van der Waals surface area contributed by atoms with Crippen molar-refractivity contribution in [2.75, 3.05) is 44.0 Å². The van der Waals surface area contributed by atoms with Gasteiger partial charge in [0.2, 0.25) is 23.1 Å². The monoisotopic (exact) mass is 298 g/mol. The van der Waals surface area contributed by atoms with E-state index in [1.807, 2.05) is 32.8 Å². The van der Waals surface area contributed by atoms with Crippen molar-refractivity contribution in [3.8, 4) is 0 Å². The van der Waals surface area contributed by atoms with Crippen LogP contribution in [-0.4, -0.2) is 65.5 Å².